The Balaban J connectivity index is 1.52. The Morgan fingerprint density at radius 2 is 2.04 bits per heavy atom. The van der Waals surface area contributed by atoms with E-state index in [9.17, 15) is 0 Å². The first-order valence-electron chi connectivity index (χ1n) is 7.87. The van der Waals surface area contributed by atoms with Gasteiger partial charge in [-0.3, -0.25) is 0 Å². The van der Waals surface area contributed by atoms with Crippen molar-refractivity contribution in [3.8, 4) is 11.5 Å². The van der Waals surface area contributed by atoms with Crippen LogP contribution in [0.15, 0.2) is 24.3 Å². The second-order valence-electron chi connectivity index (χ2n) is 6.00. The molecular weight excluding hydrogens is 292 g/mol. The van der Waals surface area contributed by atoms with Crippen LogP contribution in [0.2, 0.25) is 0 Å². The lowest BCUT2D eigenvalue weighted by Crippen LogP contribution is -2.40. The maximum atomic E-state index is 6.05. The molecule has 0 spiro atoms. The molecule has 6 nitrogen and oxygen atoms in total. The summed E-state index contributed by atoms with van der Waals surface area (Å²) in [5, 5.41) is 3.34. The number of nitrogens with one attached hydrogen (secondary N) is 1. The minimum Gasteiger partial charge on any atom is -0.486 e. The first-order chi connectivity index (χ1) is 11.2. The summed E-state index contributed by atoms with van der Waals surface area (Å²) in [4.78, 5) is 11.3. The van der Waals surface area contributed by atoms with Crippen LogP contribution in [0.3, 0.4) is 0 Å². The summed E-state index contributed by atoms with van der Waals surface area (Å²) in [5.74, 6) is 3.41. The number of nitrogens with zero attached hydrogens (tertiary/aromatic N) is 3. The van der Waals surface area contributed by atoms with Gasteiger partial charge in [-0.05, 0) is 19.1 Å². The monoisotopic (exact) mass is 312 g/mol. The predicted octanol–water partition coefficient (Wildman–Crippen LogP) is 1.66. The summed E-state index contributed by atoms with van der Waals surface area (Å²) in [6, 6.07) is 7.79. The number of benzene rings is 1. The van der Waals surface area contributed by atoms with Crippen LogP contribution in [0.1, 0.15) is 17.1 Å². The summed E-state index contributed by atoms with van der Waals surface area (Å²) in [7, 11) is 2.05. The fraction of sp³-hybridized carbons (Fsp3) is 0.412. The van der Waals surface area contributed by atoms with Crippen molar-refractivity contribution in [1.29, 1.82) is 0 Å². The standard InChI is InChI=1S/C17H20N4O2/c1-11-19-14-8-18-7-13(14)17(20-11)21(2)9-12-10-22-15-5-3-4-6-16(15)23-12/h3-6,12,18H,7-10H2,1-2H3. The normalized spacial score (nSPS) is 18.6. The summed E-state index contributed by atoms with van der Waals surface area (Å²) < 4.78 is 11.8. The van der Waals surface area contributed by atoms with Gasteiger partial charge >= 0.3 is 0 Å². The van der Waals surface area contributed by atoms with Gasteiger partial charge in [-0.1, -0.05) is 12.1 Å². The fourth-order valence-corrected chi connectivity index (χ4v) is 3.13. The molecule has 0 saturated carbocycles. The number of ether oxygens (including phenoxy) is 2. The maximum Gasteiger partial charge on any atom is 0.161 e. The number of aryl methyl sites for hydroxylation is 1. The lowest BCUT2D eigenvalue weighted by Gasteiger charge is -2.30. The van der Waals surface area contributed by atoms with Gasteiger partial charge < -0.3 is 19.7 Å². The van der Waals surface area contributed by atoms with Crippen LogP contribution in [0.4, 0.5) is 5.82 Å². The van der Waals surface area contributed by atoms with Crippen LogP contribution < -0.4 is 19.7 Å². The third kappa shape index (κ3) is 2.70. The van der Waals surface area contributed by atoms with Crippen molar-refractivity contribution < 1.29 is 9.47 Å². The van der Waals surface area contributed by atoms with E-state index in [0.717, 1.165) is 48.5 Å². The van der Waals surface area contributed by atoms with Crippen molar-refractivity contribution in [2.75, 3.05) is 25.1 Å². The highest BCUT2D eigenvalue weighted by Crippen LogP contribution is 2.31. The molecule has 0 bridgehead atoms. The molecule has 2 aliphatic rings. The zero-order chi connectivity index (χ0) is 15.8. The fourth-order valence-electron chi connectivity index (χ4n) is 3.13. The van der Waals surface area contributed by atoms with E-state index in [4.69, 9.17) is 9.47 Å². The van der Waals surface area contributed by atoms with Gasteiger partial charge in [0.15, 0.2) is 17.6 Å². The average molecular weight is 312 g/mol. The number of rotatable bonds is 3. The van der Waals surface area contributed by atoms with Crippen molar-refractivity contribution in [3.63, 3.8) is 0 Å². The Kier molecular flexibility index (Phi) is 3.53. The van der Waals surface area contributed by atoms with Crippen LogP contribution in [-0.2, 0) is 13.1 Å². The number of hydrogen-bond acceptors (Lipinski definition) is 6. The van der Waals surface area contributed by atoms with E-state index in [1.54, 1.807) is 0 Å². The molecule has 0 saturated heterocycles. The molecule has 2 aliphatic heterocycles. The summed E-state index contributed by atoms with van der Waals surface area (Å²) in [6.45, 7) is 4.84. The van der Waals surface area contributed by atoms with E-state index in [2.05, 4.69) is 20.2 Å². The quantitative estimate of drug-likeness (QED) is 0.930. The molecule has 0 radical (unpaired) electrons. The molecule has 0 amide bonds. The third-order valence-electron chi connectivity index (χ3n) is 4.18. The maximum absolute atomic E-state index is 6.05. The van der Waals surface area contributed by atoms with Gasteiger partial charge in [-0.25, -0.2) is 9.97 Å². The third-order valence-corrected chi connectivity index (χ3v) is 4.18. The molecule has 1 unspecified atom stereocenters. The molecule has 23 heavy (non-hydrogen) atoms. The highest BCUT2D eigenvalue weighted by atomic mass is 16.6. The van der Waals surface area contributed by atoms with E-state index in [1.165, 1.54) is 5.56 Å². The van der Waals surface area contributed by atoms with Crippen LogP contribution in [-0.4, -0.2) is 36.3 Å². The molecule has 3 heterocycles. The summed E-state index contributed by atoms with van der Waals surface area (Å²) >= 11 is 0. The Hall–Kier alpha value is -2.34. The van der Waals surface area contributed by atoms with Crippen LogP contribution in [0.25, 0.3) is 0 Å². The molecular formula is C17H20N4O2. The smallest absolute Gasteiger partial charge is 0.161 e. The number of hydrogen-bond donors (Lipinski definition) is 1. The van der Waals surface area contributed by atoms with E-state index in [-0.39, 0.29) is 6.10 Å². The number of aromatic nitrogens is 2. The summed E-state index contributed by atoms with van der Waals surface area (Å²) in [5.41, 5.74) is 2.29. The molecule has 1 aromatic heterocycles. The zero-order valence-corrected chi connectivity index (χ0v) is 13.4. The van der Waals surface area contributed by atoms with Crippen molar-refractivity contribution in [2.24, 2.45) is 0 Å². The topological polar surface area (TPSA) is 59.5 Å². The van der Waals surface area contributed by atoms with Gasteiger partial charge in [0.25, 0.3) is 0 Å². The molecule has 1 atom stereocenters. The molecule has 0 aliphatic carbocycles. The second-order valence-corrected chi connectivity index (χ2v) is 6.00. The number of fused-ring (bicyclic) bond motifs is 2. The van der Waals surface area contributed by atoms with Crippen molar-refractivity contribution >= 4 is 5.82 Å². The molecule has 120 valence electrons. The predicted molar refractivity (Wildman–Crippen MR) is 86.9 cm³/mol. The minimum absolute atomic E-state index is 0.0183. The minimum atomic E-state index is -0.0183. The Morgan fingerprint density at radius 3 is 2.91 bits per heavy atom. The largest absolute Gasteiger partial charge is 0.486 e. The summed E-state index contributed by atoms with van der Waals surface area (Å²) in [6.07, 6.45) is -0.0183. The van der Waals surface area contributed by atoms with E-state index in [1.807, 2.05) is 38.2 Å². The molecule has 6 heteroatoms. The lowest BCUT2D eigenvalue weighted by molar-refractivity contribution is 0.0959. The molecule has 0 fully saturated rings. The highest BCUT2D eigenvalue weighted by Gasteiger charge is 2.25. The van der Waals surface area contributed by atoms with Crippen LogP contribution in [0.5, 0.6) is 11.5 Å². The zero-order valence-electron chi connectivity index (χ0n) is 13.4. The molecule has 4 rings (SSSR count). The average Bonchev–Trinajstić information content (AvgIpc) is 3.02. The van der Waals surface area contributed by atoms with Gasteiger partial charge in [0.05, 0.1) is 12.2 Å². The van der Waals surface area contributed by atoms with E-state index < -0.39 is 0 Å². The Labute approximate surface area is 135 Å². The van der Waals surface area contributed by atoms with Crippen molar-refractivity contribution in [2.45, 2.75) is 26.1 Å². The van der Waals surface area contributed by atoms with Crippen LogP contribution in [0, 0.1) is 6.92 Å². The van der Waals surface area contributed by atoms with Gasteiger partial charge in [0.1, 0.15) is 18.2 Å². The number of para-hydroxylation sites is 2. The van der Waals surface area contributed by atoms with Crippen molar-refractivity contribution in [3.05, 3.63) is 41.3 Å². The first-order valence-corrected chi connectivity index (χ1v) is 7.87. The number of likely N-dealkylation sites (N-methyl/N-ethyl adjacent to an activating group) is 1. The lowest BCUT2D eigenvalue weighted by atomic mass is 10.2. The van der Waals surface area contributed by atoms with Gasteiger partial charge in [-0.2, -0.15) is 0 Å². The Bertz CT molecular complexity index is 735. The van der Waals surface area contributed by atoms with Crippen LogP contribution >= 0.6 is 0 Å². The first kappa shape index (κ1) is 14.3. The van der Waals surface area contributed by atoms with Gasteiger partial charge in [-0.15, -0.1) is 0 Å². The molecule has 2 aromatic rings. The van der Waals surface area contributed by atoms with E-state index >= 15 is 0 Å². The molecule has 1 aromatic carbocycles. The van der Waals surface area contributed by atoms with E-state index in [0.29, 0.717) is 6.61 Å². The Morgan fingerprint density at radius 1 is 1.22 bits per heavy atom. The van der Waals surface area contributed by atoms with Gasteiger partial charge in [0.2, 0.25) is 0 Å². The second kappa shape index (κ2) is 5.70. The number of anilines is 1. The van der Waals surface area contributed by atoms with Gasteiger partial charge in [0, 0.05) is 25.7 Å². The highest BCUT2D eigenvalue weighted by molar-refractivity contribution is 5.50. The SMILES string of the molecule is Cc1nc2c(c(N(C)CC3COc4ccccc4O3)n1)CNC2. The van der Waals surface area contributed by atoms with Crippen molar-refractivity contribution in [1.82, 2.24) is 15.3 Å². The molecule has 1 N–H and O–H groups in total.